The van der Waals surface area contributed by atoms with Crippen molar-refractivity contribution in [2.45, 2.75) is 64.3 Å². The molecule has 22 heavy (non-hydrogen) atoms. The van der Waals surface area contributed by atoms with Gasteiger partial charge in [-0.3, -0.25) is 9.59 Å². The first-order valence-electron chi connectivity index (χ1n) is 8.26. The Labute approximate surface area is 133 Å². The van der Waals surface area contributed by atoms with E-state index in [1.54, 1.807) is 0 Å². The van der Waals surface area contributed by atoms with Crippen molar-refractivity contribution < 1.29 is 9.59 Å². The predicted molar refractivity (Wildman–Crippen MR) is 89.3 cm³/mol. The van der Waals surface area contributed by atoms with Gasteiger partial charge in [0, 0.05) is 0 Å². The normalized spacial score (nSPS) is 11.9. The Morgan fingerprint density at radius 3 is 2.32 bits per heavy atom. The fourth-order valence-corrected chi connectivity index (χ4v) is 2.44. The molecule has 1 aromatic rings. The number of primary amides is 1. The molecule has 2 amide bonds. The van der Waals surface area contributed by atoms with Gasteiger partial charge in [-0.25, -0.2) is 0 Å². The zero-order valence-electron chi connectivity index (χ0n) is 13.5. The molecule has 0 saturated heterocycles. The molecule has 0 fully saturated rings. The van der Waals surface area contributed by atoms with Crippen molar-refractivity contribution in [3.05, 3.63) is 35.9 Å². The van der Waals surface area contributed by atoms with Gasteiger partial charge in [-0.2, -0.15) is 0 Å². The van der Waals surface area contributed by atoms with Crippen molar-refractivity contribution in [3.63, 3.8) is 0 Å². The quantitative estimate of drug-likeness (QED) is 0.617. The van der Waals surface area contributed by atoms with Crippen LogP contribution in [0.2, 0.25) is 0 Å². The van der Waals surface area contributed by atoms with Gasteiger partial charge in [-0.1, -0.05) is 75.8 Å². The minimum Gasteiger partial charge on any atom is -0.368 e. The summed E-state index contributed by atoms with van der Waals surface area (Å²) < 4.78 is 0. The lowest BCUT2D eigenvalue weighted by molar-refractivity contribution is -0.127. The number of benzene rings is 1. The second-order valence-electron chi connectivity index (χ2n) is 5.74. The van der Waals surface area contributed by atoms with Crippen molar-refractivity contribution in [1.29, 1.82) is 0 Å². The molecule has 0 aromatic heterocycles. The molecule has 3 N–H and O–H groups in total. The average Bonchev–Trinajstić information content (AvgIpc) is 2.50. The first-order valence-corrected chi connectivity index (χ1v) is 8.26. The lowest BCUT2D eigenvalue weighted by Crippen LogP contribution is -2.44. The third-order valence-electron chi connectivity index (χ3n) is 3.73. The summed E-state index contributed by atoms with van der Waals surface area (Å²) in [5, 5.41) is 2.75. The van der Waals surface area contributed by atoms with Gasteiger partial charge in [-0.15, -0.1) is 0 Å². The molecule has 0 aliphatic rings. The smallest absolute Gasteiger partial charge is 0.239 e. The van der Waals surface area contributed by atoms with Gasteiger partial charge in [0.15, 0.2) is 0 Å². The standard InChI is InChI=1S/C18H28N2O2/c1-2-3-4-5-6-10-13-16(18(19)22)20-17(21)14-15-11-8-7-9-12-15/h7-9,11-12,16H,2-6,10,13-14H2,1H3,(H2,19,22)(H,20,21)/t16-/m1/s1. The molecule has 0 heterocycles. The molecule has 122 valence electrons. The zero-order valence-corrected chi connectivity index (χ0v) is 13.5. The molecule has 0 bridgehead atoms. The monoisotopic (exact) mass is 304 g/mol. The van der Waals surface area contributed by atoms with Crippen LogP contribution >= 0.6 is 0 Å². The molecular weight excluding hydrogens is 276 g/mol. The molecule has 0 radical (unpaired) electrons. The minimum absolute atomic E-state index is 0.152. The first-order chi connectivity index (χ1) is 10.6. The van der Waals surface area contributed by atoms with Crippen molar-refractivity contribution in [2.24, 2.45) is 5.73 Å². The molecule has 4 nitrogen and oxygen atoms in total. The maximum atomic E-state index is 12.0. The summed E-state index contributed by atoms with van der Waals surface area (Å²) in [5.74, 6) is -0.601. The molecule has 1 atom stereocenters. The van der Waals surface area contributed by atoms with Crippen molar-refractivity contribution in [3.8, 4) is 0 Å². The Kier molecular flexibility index (Phi) is 8.96. The molecule has 0 spiro atoms. The van der Waals surface area contributed by atoms with E-state index < -0.39 is 11.9 Å². The lowest BCUT2D eigenvalue weighted by Gasteiger charge is -2.15. The van der Waals surface area contributed by atoms with E-state index in [9.17, 15) is 9.59 Å². The van der Waals surface area contributed by atoms with Gasteiger partial charge in [0.2, 0.25) is 11.8 Å². The van der Waals surface area contributed by atoms with E-state index in [-0.39, 0.29) is 12.3 Å². The summed E-state index contributed by atoms with van der Waals surface area (Å²) >= 11 is 0. The fraction of sp³-hybridized carbons (Fsp3) is 0.556. The van der Waals surface area contributed by atoms with Crippen LogP contribution in [-0.2, 0) is 16.0 Å². The third-order valence-corrected chi connectivity index (χ3v) is 3.73. The maximum Gasteiger partial charge on any atom is 0.239 e. The van der Waals surface area contributed by atoms with E-state index in [1.165, 1.54) is 25.7 Å². The number of hydrogen-bond acceptors (Lipinski definition) is 2. The summed E-state index contributed by atoms with van der Waals surface area (Å²) in [6, 6.07) is 8.93. The van der Waals surface area contributed by atoms with E-state index in [0.29, 0.717) is 6.42 Å². The summed E-state index contributed by atoms with van der Waals surface area (Å²) in [6.07, 6.45) is 7.80. The number of rotatable bonds is 11. The van der Waals surface area contributed by atoms with Gasteiger partial charge in [0.25, 0.3) is 0 Å². The third kappa shape index (κ3) is 7.81. The summed E-state index contributed by atoms with van der Waals surface area (Å²) in [7, 11) is 0. The molecule has 0 unspecified atom stereocenters. The topological polar surface area (TPSA) is 72.2 Å². The van der Waals surface area contributed by atoms with Crippen LogP contribution in [0.1, 0.15) is 57.4 Å². The second kappa shape index (κ2) is 10.8. The Morgan fingerprint density at radius 2 is 1.68 bits per heavy atom. The number of nitrogens with one attached hydrogen (secondary N) is 1. The van der Waals surface area contributed by atoms with Crippen LogP contribution in [0.4, 0.5) is 0 Å². The van der Waals surface area contributed by atoms with E-state index in [2.05, 4.69) is 12.2 Å². The van der Waals surface area contributed by atoms with Gasteiger partial charge in [0.1, 0.15) is 6.04 Å². The number of carbonyl (C=O) groups is 2. The van der Waals surface area contributed by atoms with Crippen LogP contribution < -0.4 is 11.1 Å². The van der Waals surface area contributed by atoms with Crippen molar-refractivity contribution in [2.75, 3.05) is 0 Å². The highest BCUT2D eigenvalue weighted by Crippen LogP contribution is 2.09. The van der Waals surface area contributed by atoms with E-state index in [4.69, 9.17) is 5.73 Å². The van der Waals surface area contributed by atoms with Crippen LogP contribution in [-0.4, -0.2) is 17.9 Å². The minimum atomic E-state index is -0.553. The molecule has 0 saturated carbocycles. The van der Waals surface area contributed by atoms with Crippen LogP contribution in [0.25, 0.3) is 0 Å². The van der Waals surface area contributed by atoms with Crippen LogP contribution in [0.5, 0.6) is 0 Å². The van der Waals surface area contributed by atoms with E-state index >= 15 is 0 Å². The molecule has 0 aliphatic carbocycles. The molecule has 1 rings (SSSR count). The molecule has 1 aromatic carbocycles. The van der Waals surface area contributed by atoms with Crippen LogP contribution in [0, 0.1) is 0 Å². The highest BCUT2D eigenvalue weighted by molar-refractivity contribution is 5.87. The zero-order chi connectivity index (χ0) is 16.2. The van der Waals surface area contributed by atoms with Gasteiger partial charge < -0.3 is 11.1 Å². The number of carbonyl (C=O) groups excluding carboxylic acids is 2. The van der Waals surface area contributed by atoms with Crippen LogP contribution in [0.15, 0.2) is 30.3 Å². The Morgan fingerprint density at radius 1 is 1.05 bits per heavy atom. The first kappa shape index (κ1) is 18.2. The van der Waals surface area contributed by atoms with Gasteiger partial charge in [-0.05, 0) is 12.0 Å². The van der Waals surface area contributed by atoms with Crippen molar-refractivity contribution in [1.82, 2.24) is 5.32 Å². The SMILES string of the molecule is CCCCCCCC[C@@H](NC(=O)Cc1ccccc1)C(N)=O. The lowest BCUT2D eigenvalue weighted by atomic mass is 10.0. The molecule has 4 heteroatoms. The Bertz CT molecular complexity index is 446. The summed E-state index contributed by atoms with van der Waals surface area (Å²) in [4.78, 5) is 23.4. The molecule has 0 aliphatic heterocycles. The number of amides is 2. The highest BCUT2D eigenvalue weighted by Gasteiger charge is 2.17. The number of unbranched alkanes of at least 4 members (excludes halogenated alkanes) is 5. The average molecular weight is 304 g/mol. The van der Waals surface area contributed by atoms with Crippen molar-refractivity contribution >= 4 is 11.8 Å². The Balaban J connectivity index is 2.31. The van der Waals surface area contributed by atoms with Gasteiger partial charge >= 0.3 is 0 Å². The highest BCUT2D eigenvalue weighted by atomic mass is 16.2. The molecular formula is C18H28N2O2. The number of nitrogens with two attached hydrogens (primary N) is 1. The second-order valence-corrected chi connectivity index (χ2v) is 5.74. The largest absolute Gasteiger partial charge is 0.368 e. The fourth-order valence-electron chi connectivity index (χ4n) is 2.44. The van der Waals surface area contributed by atoms with Gasteiger partial charge in [0.05, 0.1) is 6.42 Å². The van der Waals surface area contributed by atoms with E-state index in [1.807, 2.05) is 30.3 Å². The summed E-state index contributed by atoms with van der Waals surface area (Å²) in [5.41, 5.74) is 6.32. The predicted octanol–water partition coefficient (Wildman–Crippen LogP) is 2.95. The van der Waals surface area contributed by atoms with E-state index in [0.717, 1.165) is 18.4 Å². The maximum absolute atomic E-state index is 12.0. The number of hydrogen-bond donors (Lipinski definition) is 2. The Hall–Kier alpha value is -1.84. The summed E-state index contributed by atoms with van der Waals surface area (Å²) in [6.45, 7) is 2.19. The van der Waals surface area contributed by atoms with Crippen LogP contribution in [0.3, 0.4) is 0 Å².